The summed E-state index contributed by atoms with van der Waals surface area (Å²) < 4.78 is 5.10. The van der Waals surface area contributed by atoms with E-state index in [4.69, 9.17) is 4.74 Å². The number of aromatic nitrogens is 1. The summed E-state index contributed by atoms with van der Waals surface area (Å²) in [5.41, 5.74) is 1.21. The van der Waals surface area contributed by atoms with Crippen LogP contribution in [0.3, 0.4) is 0 Å². The molecular formula is C19H30N4O3. The largest absolute Gasteiger partial charge is 0.396 e. The van der Waals surface area contributed by atoms with Crippen LogP contribution in [0.5, 0.6) is 0 Å². The van der Waals surface area contributed by atoms with E-state index in [-0.39, 0.29) is 18.4 Å². The zero-order chi connectivity index (χ0) is 18.5. The van der Waals surface area contributed by atoms with E-state index in [0.717, 1.165) is 38.4 Å². The van der Waals surface area contributed by atoms with Gasteiger partial charge < -0.3 is 24.5 Å². The van der Waals surface area contributed by atoms with Crippen LogP contribution in [0.4, 0.5) is 0 Å². The van der Waals surface area contributed by atoms with Gasteiger partial charge in [-0.25, -0.2) is 4.98 Å². The molecule has 1 amide bonds. The van der Waals surface area contributed by atoms with Crippen molar-refractivity contribution < 1.29 is 14.6 Å². The molecule has 1 aromatic rings. The lowest BCUT2D eigenvalue weighted by molar-refractivity contribution is 0.0770. The van der Waals surface area contributed by atoms with Gasteiger partial charge in [-0.2, -0.15) is 0 Å². The molecule has 1 N–H and O–H groups in total. The molecule has 3 heterocycles. The summed E-state index contributed by atoms with van der Waals surface area (Å²) in [6.45, 7) is 7.02. The Morgan fingerprint density at radius 3 is 2.65 bits per heavy atom. The predicted molar refractivity (Wildman–Crippen MR) is 98.9 cm³/mol. The van der Waals surface area contributed by atoms with Crippen LogP contribution in [0.1, 0.15) is 16.2 Å². The summed E-state index contributed by atoms with van der Waals surface area (Å²) in [6, 6.07) is 5.45. The van der Waals surface area contributed by atoms with Crippen molar-refractivity contribution in [2.24, 2.45) is 11.8 Å². The van der Waals surface area contributed by atoms with Gasteiger partial charge in [0, 0.05) is 65.4 Å². The van der Waals surface area contributed by atoms with Crippen molar-refractivity contribution in [1.29, 1.82) is 0 Å². The maximum atomic E-state index is 12.9. The number of likely N-dealkylation sites (N-methyl/N-ethyl adjacent to an activating group) is 1. The maximum absolute atomic E-state index is 12.9. The lowest BCUT2D eigenvalue weighted by Gasteiger charge is -2.34. The van der Waals surface area contributed by atoms with E-state index in [1.54, 1.807) is 13.2 Å². The quantitative estimate of drug-likeness (QED) is 0.777. The predicted octanol–water partition coefficient (Wildman–Crippen LogP) is 0.156. The van der Waals surface area contributed by atoms with Crippen LogP contribution in [0.15, 0.2) is 18.2 Å². The molecule has 0 spiro atoms. The van der Waals surface area contributed by atoms with Crippen molar-refractivity contribution in [3.8, 4) is 0 Å². The number of likely N-dealkylation sites (tertiary alicyclic amines) is 1. The highest BCUT2D eigenvalue weighted by Gasteiger charge is 2.36. The van der Waals surface area contributed by atoms with E-state index in [1.165, 1.54) is 0 Å². The van der Waals surface area contributed by atoms with E-state index in [0.29, 0.717) is 31.3 Å². The normalized spacial score (nSPS) is 25.0. The average molecular weight is 362 g/mol. The van der Waals surface area contributed by atoms with Crippen molar-refractivity contribution in [1.82, 2.24) is 19.7 Å². The Hall–Kier alpha value is -1.54. The van der Waals surface area contributed by atoms with Gasteiger partial charge in [0.2, 0.25) is 0 Å². The standard InChI is InChI=1S/C19H30N4O3/c1-21-6-8-22(9-7-21)10-15-11-23(12-16(15)13-24)19(25)18-5-3-4-17(20-18)14-26-2/h3-5,15-16,24H,6-14H2,1-2H3/t15-,16-/m1/s1. The number of aliphatic hydroxyl groups excluding tert-OH is 1. The maximum Gasteiger partial charge on any atom is 0.272 e. The van der Waals surface area contributed by atoms with Crippen LogP contribution in [-0.4, -0.2) is 97.3 Å². The molecule has 0 bridgehead atoms. The molecule has 1 aromatic heterocycles. The Morgan fingerprint density at radius 1 is 1.23 bits per heavy atom. The van der Waals surface area contributed by atoms with E-state index in [2.05, 4.69) is 21.8 Å². The second kappa shape index (κ2) is 8.90. The smallest absolute Gasteiger partial charge is 0.272 e. The van der Waals surface area contributed by atoms with Crippen molar-refractivity contribution in [2.75, 3.05) is 66.6 Å². The lowest BCUT2D eigenvalue weighted by Crippen LogP contribution is -2.47. The van der Waals surface area contributed by atoms with E-state index in [9.17, 15) is 9.90 Å². The summed E-state index contributed by atoms with van der Waals surface area (Å²) in [5.74, 6) is 0.401. The Kier molecular flexibility index (Phi) is 6.58. The highest BCUT2D eigenvalue weighted by molar-refractivity contribution is 5.92. The van der Waals surface area contributed by atoms with Gasteiger partial charge in [-0.05, 0) is 25.1 Å². The molecule has 0 aromatic carbocycles. The zero-order valence-corrected chi connectivity index (χ0v) is 15.8. The minimum atomic E-state index is -0.0534. The molecular weight excluding hydrogens is 332 g/mol. The van der Waals surface area contributed by atoms with Crippen LogP contribution in [-0.2, 0) is 11.3 Å². The minimum Gasteiger partial charge on any atom is -0.396 e. The molecule has 2 saturated heterocycles. The van der Waals surface area contributed by atoms with Crippen molar-refractivity contribution in [2.45, 2.75) is 6.61 Å². The van der Waals surface area contributed by atoms with Crippen LogP contribution in [0.2, 0.25) is 0 Å². The first kappa shape index (κ1) is 19.2. The van der Waals surface area contributed by atoms with Crippen LogP contribution < -0.4 is 0 Å². The topological polar surface area (TPSA) is 69.1 Å². The Morgan fingerprint density at radius 2 is 1.96 bits per heavy atom. The monoisotopic (exact) mass is 362 g/mol. The summed E-state index contributed by atoms with van der Waals surface area (Å²) >= 11 is 0. The fourth-order valence-corrected chi connectivity index (χ4v) is 3.87. The van der Waals surface area contributed by atoms with Gasteiger partial charge in [0.05, 0.1) is 12.3 Å². The number of methoxy groups -OCH3 is 1. The molecule has 7 heteroatoms. The van der Waals surface area contributed by atoms with Crippen molar-refractivity contribution >= 4 is 5.91 Å². The fourth-order valence-electron chi connectivity index (χ4n) is 3.87. The fraction of sp³-hybridized carbons (Fsp3) is 0.684. The number of ether oxygens (including phenoxy) is 1. The lowest BCUT2D eigenvalue weighted by atomic mass is 9.96. The van der Waals surface area contributed by atoms with E-state index >= 15 is 0 Å². The van der Waals surface area contributed by atoms with E-state index < -0.39 is 0 Å². The second-order valence-corrected chi connectivity index (χ2v) is 7.46. The molecule has 144 valence electrons. The molecule has 0 radical (unpaired) electrons. The second-order valence-electron chi connectivity index (χ2n) is 7.46. The SMILES string of the molecule is COCc1cccc(C(=O)N2C[C@@H](CN3CCN(C)CC3)[C@@H](CO)C2)n1. The van der Waals surface area contributed by atoms with Crippen LogP contribution >= 0.6 is 0 Å². The average Bonchev–Trinajstić information content (AvgIpc) is 3.06. The first-order valence-electron chi connectivity index (χ1n) is 9.36. The van der Waals surface area contributed by atoms with E-state index in [1.807, 2.05) is 17.0 Å². The first-order valence-corrected chi connectivity index (χ1v) is 9.36. The highest BCUT2D eigenvalue weighted by atomic mass is 16.5. The number of pyridine rings is 1. The van der Waals surface area contributed by atoms with Gasteiger partial charge in [0.1, 0.15) is 5.69 Å². The molecule has 2 fully saturated rings. The first-order chi connectivity index (χ1) is 12.6. The van der Waals surface area contributed by atoms with Gasteiger partial charge in [-0.1, -0.05) is 6.07 Å². The number of carbonyl (C=O) groups excluding carboxylic acids is 1. The minimum absolute atomic E-state index is 0.0534. The van der Waals surface area contributed by atoms with Gasteiger partial charge in [-0.3, -0.25) is 4.79 Å². The van der Waals surface area contributed by atoms with Gasteiger partial charge in [0.25, 0.3) is 5.91 Å². The highest BCUT2D eigenvalue weighted by Crippen LogP contribution is 2.26. The molecule has 7 nitrogen and oxygen atoms in total. The summed E-state index contributed by atoms with van der Waals surface area (Å²) in [7, 11) is 3.76. The number of nitrogens with zero attached hydrogens (tertiary/aromatic N) is 4. The van der Waals surface area contributed by atoms with Gasteiger partial charge in [0.15, 0.2) is 0 Å². The number of amides is 1. The molecule has 2 atom stereocenters. The van der Waals surface area contributed by atoms with Crippen molar-refractivity contribution in [3.05, 3.63) is 29.6 Å². The molecule has 0 unspecified atom stereocenters. The Labute approximate surface area is 155 Å². The Bertz CT molecular complexity index is 604. The van der Waals surface area contributed by atoms with Crippen LogP contribution in [0.25, 0.3) is 0 Å². The summed E-state index contributed by atoms with van der Waals surface area (Å²) in [6.07, 6.45) is 0. The third kappa shape index (κ3) is 4.59. The zero-order valence-electron chi connectivity index (χ0n) is 15.8. The number of rotatable bonds is 6. The number of piperazine rings is 1. The molecule has 2 aliphatic rings. The number of carbonyl (C=O) groups is 1. The molecule has 2 aliphatic heterocycles. The van der Waals surface area contributed by atoms with Gasteiger partial charge in [-0.15, -0.1) is 0 Å². The summed E-state index contributed by atoms with van der Waals surface area (Å²) in [4.78, 5) is 23.9. The van der Waals surface area contributed by atoms with Gasteiger partial charge >= 0.3 is 0 Å². The summed E-state index contributed by atoms with van der Waals surface area (Å²) in [5, 5.41) is 9.80. The molecule has 26 heavy (non-hydrogen) atoms. The molecule has 0 saturated carbocycles. The Balaban J connectivity index is 1.62. The molecule has 0 aliphatic carbocycles. The third-order valence-electron chi connectivity index (χ3n) is 5.50. The number of hydrogen-bond acceptors (Lipinski definition) is 6. The third-order valence-corrected chi connectivity index (χ3v) is 5.50. The van der Waals surface area contributed by atoms with Crippen LogP contribution in [0, 0.1) is 11.8 Å². The number of aliphatic hydroxyl groups is 1. The molecule has 3 rings (SSSR count). The van der Waals surface area contributed by atoms with Crippen molar-refractivity contribution in [3.63, 3.8) is 0 Å². The number of hydrogen-bond donors (Lipinski definition) is 1.